The summed E-state index contributed by atoms with van der Waals surface area (Å²) in [6.07, 6.45) is 0. The van der Waals surface area contributed by atoms with E-state index in [0.29, 0.717) is 0 Å². The molecule has 69 heavy (non-hydrogen) atoms. The number of rotatable bonds is 10. The van der Waals surface area contributed by atoms with Crippen LogP contribution in [0.4, 0.5) is 17.1 Å². The van der Waals surface area contributed by atoms with Crippen molar-refractivity contribution in [3.05, 3.63) is 285 Å². The van der Waals surface area contributed by atoms with Gasteiger partial charge in [-0.3, -0.25) is 0 Å². The second kappa shape index (κ2) is 18.3. The third-order valence-corrected chi connectivity index (χ3v) is 13.5. The van der Waals surface area contributed by atoms with Gasteiger partial charge in [-0.25, -0.2) is 0 Å². The van der Waals surface area contributed by atoms with Crippen LogP contribution in [0.5, 0.6) is 0 Å². The molecule has 0 amide bonds. The standard InChI is InChI=1S/C68H47N/c1-7-23-48(24-8-1)54-40-44-66(63(45-54)51-29-13-4-14-30-51)69(56-41-43-57(49-25-9-2-10-26-49)62(47-56)50-27-11-3-12-28-50)65-38-22-21-35-58(65)55-39-42-60-59-36-19-20-37-61(59)67(52-31-15-5-16-32-52)68(64(60)46-55)53-33-17-6-18-34-53/h1-47H. The molecule has 12 rings (SSSR count). The van der Waals surface area contributed by atoms with E-state index in [1.807, 2.05) is 0 Å². The Kier molecular flexibility index (Phi) is 11.0. The molecule has 0 aliphatic rings. The lowest BCUT2D eigenvalue weighted by molar-refractivity contribution is 1.28. The van der Waals surface area contributed by atoms with Crippen LogP contribution in [0.2, 0.25) is 0 Å². The fraction of sp³-hybridized carbons (Fsp3) is 0. The van der Waals surface area contributed by atoms with E-state index in [4.69, 9.17) is 0 Å². The van der Waals surface area contributed by atoms with E-state index < -0.39 is 0 Å². The average Bonchev–Trinajstić information content (AvgIpc) is 3.44. The highest BCUT2D eigenvalue weighted by molar-refractivity contribution is 6.22. The zero-order valence-corrected chi connectivity index (χ0v) is 38.1. The van der Waals surface area contributed by atoms with Crippen molar-refractivity contribution in [3.63, 3.8) is 0 Å². The molecule has 12 aromatic carbocycles. The van der Waals surface area contributed by atoms with Crippen LogP contribution in [0.3, 0.4) is 0 Å². The molecular formula is C68H47N. The summed E-state index contributed by atoms with van der Waals surface area (Å²) in [4.78, 5) is 2.49. The number of para-hydroxylation sites is 1. The molecular weight excluding hydrogens is 831 g/mol. The summed E-state index contributed by atoms with van der Waals surface area (Å²) in [6, 6.07) is 104. The fourth-order valence-corrected chi connectivity index (χ4v) is 10.3. The van der Waals surface area contributed by atoms with Gasteiger partial charge in [-0.05, 0) is 125 Å². The van der Waals surface area contributed by atoms with Crippen molar-refractivity contribution in [2.45, 2.75) is 0 Å². The third kappa shape index (κ3) is 7.86. The first-order valence-electron chi connectivity index (χ1n) is 23.8. The van der Waals surface area contributed by atoms with E-state index in [0.717, 1.165) is 39.3 Å². The minimum atomic E-state index is 1.06. The van der Waals surface area contributed by atoms with Crippen molar-refractivity contribution in [2.75, 3.05) is 4.90 Å². The first kappa shape index (κ1) is 41.4. The summed E-state index contributed by atoms with van der Waals surface area (Å²) in [5, 5.41) is 4.93. The molecule has 324 valence electrons. The molecule has 0 atom stereocenters. The molecule has 1 nitrogen and oxygen atoms in total. The Morgan fingerprint density at radius 2 is 0.623 bits per heavy atom. The number of benzene rings is 12. The Labute approximate surface area is 404 Å². The highest BCUT2D eigenvalue weighted by Crippen LogP contribution is 2.50. The van der Waals surface area contributed by atoms with Crippen molar-refractivity contribution >= 4 is 38.6 Å². The number of hydrogen-bond acceptors (Lipinski definition) is 1. The summed E-state index contributed by atoms with van der Waals surface area (Å²) in [7, 11) is 0. The molecule has 0 heterocycles. The summed E-state index contributed by atoms with van der Waals surface area (Å²) in [6.45, 7) is 0. The Bertz CT molecular complexity index is 3740. The van der Waals surface area contributed by atoms with Crippen molar-refractivity contribution in [1.82, 2.24) is 0 Å². The minimum Gasteiger partial charge on any atom is -0.309 e. The molecule has 12 aromatic rings. The minimum absolute atomic E-state index is 1.06. The van der Waals surface area contributed by atoms with Crippen LogP contribution in [0.15, 0.2) is 285 Å². The van der Waals surface area contributed by atoms with Crippen LogP contribution in [0.25, 0.3) is 99.4 Å². The molecule has 0 aliphatic heterocycles. The predicted octanol–water partition coefficient (Wildman–Crippen LogP) is 19.1. The lowest BCUT2D eigenvalue weighted by Gasteiger charge is -2.31. The van der Waals surface area contributed by atoms with Crippen molar-refractivity contribution in [1.29, 1.82) is 0 Å². The van der Waals surface area contributed by atoms with Gasteiger partial charge >= 0.3 is 0 Å². The van der Waals surface area contributed by atoms with E-state index >= 15 is 0 Å². The van der Waals surface area contributed by atoms with Crippen LogP contribution >= 0.6 is 0 Å². The maximum absolute atomic E-state index is 2.49. The summed E-state index contributed by atoms with van der Waals surface area (Å²) < 4.78 is 0. The maximum atomic E-state index is 2.49. The quantitative estimate of drug-likeness (QED) is 0.124. The van der Waals surface area contributed by atoms with Gasteiger partial charge in [0.05, 0.1) is 11.4 Å². The van der Waals surface area contributed by atoms with Crippen LogP contribution in [-0.2, 0) is 0 Å². The first-order valence-corrected chi connectivity index (χ1v) is 23.8. The smallest absolute Gasteiger partial charge is 0.0540 e. The maximum Gasteiger partial charge on any atom is 0.0540 e. The van der Waals surface area contributed by atoms with Crippen LogP contribution < -0.4 is 4.90 Å². The number of nitrogens with zero attached hydrogens (tertiary/aromatic N) is 1. The zero-order chi connectivity index (χ0) is 45.9. The Balaban J connectivity index is 1.15. The highest BCUT2D eigenvalue weighted by atomic mass is 15.1. The molecule has 1 heteroatoms. The molecule has 0 aromatic heterocycles. The number of fused-ring (bicyclic) bond motifs is 3. The predicted molar refractivity (Wildman–Crippen MR) is 294 cm³/mol. The largest absolute Gasteiger partial charge is 0.309 e. The normalized spacial score (nSPS) is 11.2. The summed E-state index contributed by atoms with van der Waals surface area (Å²) in [5.41, 5.74) is 19.7. The van der Waals surface area contributed by atoms with Gasteiger partial charge < -0.3 is 4.90 Å². The van der Waals surface area contributed by atoms with E-state index in [9.17, 15) is 0 Å². The first-order chi connectivity index (χ1) is 34.3. The molecule has 0 saturated carbocycles. The van der Waals surface area contributed by atoms with Crippen LogP contribution in [-0.4, -0.2) is 0 Å². The number of anilines is 3. The Morgan fingerprint density at radius 3 is 1.23 bits per heavy atom. The van der Waals surface area contributed by atoms with E-state index in [1.54, 1.807) is 0 Å². The van der Waals surface area contributed by atoms with Crippen molar-refractivity contribution < 1.29 is 0 Å². The van der Waals surface area contributed by atoms with Gasteiger partial charge in [-0.1, -0.05) is 249 Å². The molecule has 0 N–H and O–H groups in total. The highest BCUT2D eigenvalue weighted by Gasteiger charge is 2.24. The summed E-state index contributed by atoms with van der Waals surface area (Å²) in [5.74, 6) is 0. The van der Waals surface area contributed by atoms with Crippen molar-refractivity contribution in [2.24, 2.45) is 0 Å². The number of hydrogen-bond donors (Lipinski definition) is 0. The fourth-order valence-electron chi connectivity index (χ4n) is 10.3. The SMILES string of the molecule is c1ccc(-c2ccc(N(c3ccc(-c4ccccc4)c(-c4ccccc4)c3)c3ccccc3-c3ccc4c(c3)c(-c3ccccc3)c(-c3ccccc3)c3ccccc34)c(-c3ccccc3)c2)cc1. The van der Waals surface area contributed by atoms with Crippen molar-refractivity contribution in [3.8, 4) is 77.9 Å². The van der Waals surface area contributed by atoms with Gasteiger partial charge in [0.15, 0.2) is 0 Å². The summed E-state index contributed by atoms with van der Waals surface area (Å²) >= 11 is 0. The van der Waals surface area contributed by atoms with Gasteiger partial charge in [-0.2, -0.15) is 0 Å². The molecule has 0 aliphatic carbocycles. The second-order valence-corrected chi connectivity index (χ2v) is 17.6. The topological polar surface area (TPSA) is 3.24 Å². The Morgan fingerprint density at radius 1 is 0.188 bits per heavy atom. The van der Waals surface area contributed by atoms with Gasteiger partial charge in [0.1, 0.15) is 0 Å². The zero-order valence-electron chi connectivity index (χ0n) is 38.1. The molecule has 0 radical (unpaired) electrons. The van der Waals surface area contributed by atoms with E-state index in [-0.39, 0.29) is 0 Å². The van der Waals surface area contributed by atoms with Gasteiger partial charge in [0.25, 0.3) is 0 Å². The van der Waals surface area contributed by atoms with E-state index in [1.165, 1.54) is 77.2 Å². The molecule has 0 saturated heterocycles. The third-order valence-electron chi connectivity index (χ3n) is 13.5. The molecule has 0 spiro atoms. The Hall–Kier alpha value is -9.04. The lowest BCUT2D eigenvalue weighted by atomic mass is 9.84. The molecule has 0 fully saturated rings. The van der Waals surface area contributed by atoms with Crippen LogP contribution in [0, 0.1) is 0 Å². The van der Waals surface area contributed by atoms with Gasteiger partial charge in [0, 0.05) is 16.8 Å². The van der Waals surface area contributed by atoms with E-state index in [2.05, 4.69) is 290 Å². The van der Waals surface area contributed by atoms with Gasteiger partial charge in [-0.15, -0.1) is 0 Å². The monoisotopic (exact) mass is 877 g/mol. The molecule has 0 unspecified atom stereocenters. The average molecular weight is 878 g/mol. The second-order valence-electron chi connectivity index (χ2n) is 17.6. The molecule has 0 bridgehead atoms. The van der Waals surface area contributed by atoms with Gasteiger partial charge in [0.2, 0.25) is 0 Å². The van der Waals surface area contributed by atoms with Crippen LogP contribution in [0.1, 0.15) is 0 Å². The lowest BCUT2D eigenvalue weighted by Crippen LogP contribution is -2.13.